The van der Waals surface area contributed by atoms with Gasteiger partial charge in [-0.15, -0.1) is 0 Å². The van der Waals surface area contributed by atoms with E-state index in [9.17, 15) is 4.79 Å². The highest BCUT2D eigenvalue weighted by Gasteiger charge is 2.19. The minimum Gasteiger partial charge on any atom is -0.469 e. The second kappa shape index (κ2) is 5.78. The molecular formula is C15H19NO3. The number of methoxy groups -OCH3 is 1. The van der Waals surface area contributed by atoms with Crippen molar-refractivity contribution < 1.29 is 13.9 Å². The molecule has 0 fully saturated rings. The Bertz CT molecular complexity index is 540. The zero-order chi connectivity index (χ0) is 13.8. The number of aromatic nitrogens is 1. The third-order valence-electron chi connectivity index (χ3n) is 3.36. The molecule has 19 heavy (non-hydrogen) atoms. The van der Waals surface area contributed by atoms with Gasteiger partial charge in [-0.25, -0.2) is 4.79 Å². The highest BCUT2D eigenvalue weighted by Crippen LogP contribution is 2.22. The second-order valence-corrected chi connectivity index (χ2v) is 4.58. The number of carbonyl (C=O) groups excluding carboxylic acids is 1. The molecule has 0 N–H and O–H groups in total. The predicted molar refractivity (Wildman–Crippen MR) is 72.3 cm³/mol. The van der Waals surface area contributed by atoms with Gasteiger partial charge in [0.25, 0.3) is 0 Å². The monoisotopic (exact) mass is 261 g/mol. The van der Waals surface area contributed by atoms with Crippen molar-refractivity contribution in [2.24, 2.45) is 0 Å². The minimum atomic E-state index is -0.300. The largest absolute Gasteiger partial charge is 0.469 e. The summed E-state index contributed by atoms with van der Waals surface area (Å²) in [6, 6.07) is 7.82. The van der Waals surface area contributed by atoms with Crippen LogP contribution in [0.2, 0.25) is 0 Å². The molecule has 0 unspecified atom stereocenters. The van der Waals surface area contributed by atoms with E-state index in [1.807, 2.05) is 28.8 Å². The fourth-order valence-electron chi connectivity index (χ4n) is 2.20. The Morgan fingerprint density at radius 1 is 1.42 bits per heavy atom. The number of carbonyl (C=O) groups is 1. The van der Waals surface area contributed by atoms with E-state index in [0.29, 0.717) is 12.1 Å². The lowest BCUT2D eigenvalue weighted by molar-refractivity contribution is 0.0585. The van der Waals surface area contributed by atoms with Gasteiger partial charge < -0.3 is 13.7 Å². The van der Waals surface area contributed by atoms with E-state index < -0.39 is 0 Å². The maximum atomic E-state index is 11.8. The van der Waals surface area contributed by atoms with Gasteiger partial charge in [0.05, 0.1) is 13.4 Å². The summed E-state index contributed by atoms with van der Waals surface area (Å²) in [5, 5.41) is 0. The molecule has 4 nitrogen and oxygen atoms in total. The first kappa shape index (κ1) is 13.5. The van der Waals surface area contributed by atoms with Crippen LogP contribution in [0, 0.1) is 0 Å². The molecule has 102 valence electrons. The molecule has 0 aliphatic carbocycles. The third-order valence-corrected chi connectivity index (χ3v) is 3.36. The summed E-state index contributed by atoms with van der Waals surface area (Å²) in [6.07, 6.45) is 3.28. The van der Waals surface area contributed by atoms with Crippen LogP contribution >= 0.6 is 0 Å². The highest BCUT2D eigenvalue weighted by molar-refractivity contribution is 5.88. The van der Waals surface area contributed by atoms with Crippen LogP contribution in [0.3, 0.4) is 0 Å². The molecule has 1 atom stereocenters. The summed E-state index contributed by atoms with van der Waals surface area (Å²) in [6.45, 7) is 4.19. The van der Waals surface area contributed by atoms with Crippen molar-refractivity contribution in [1.29, 1.82) is 0 Å². The van der Waals surface area contributed by atoms with Gasteiger partial charge in [-0.2, -0.15) is 0 Å². The quantitative estimate of drug-likeness (QED) is 0.774. The van der Waals surface area contributed by atoms with E-state index in [-0.39, 0.29) is 12.0 Å². The van der Waals surface area contributed by atoms with Gasteiger partial charge in [-0.05, 0) is 37.6 Å². The molecular weight excluding hydrogens is 242 g/mol. The fourth-order valence-corrected chi connectivity index (χ4v) is 2.20. The highest BCUT2D eigenvalue weighted by atomic mass is 16.5. The lowest BCUT2D eigenvalue weighted by atomic mass is 10.2. The fraction of sp³-hybridized carbons (Fsp3) is 0.400. The average molecular weight is 261 g/mol. The van der Waals surface area contributed by atoms with Crippen LogP contribution in [0.25, 0.3) is 0 Å². The van der Waals surface area contributed by atoms with Crippen LogP contribution in [-0.4, -0.2) is 17.6 Å². The molecule has 2 heterocycles. The molecule has 2 rings (SSSR count). The molecule has 0 bridgehead atoms. The van der Waals surface area contributed by atoms with Crippen molar-refractivity contribution in [3.05, 3.63) is 47.7 Å². The van der Waals surface area contributed by atoms with Gasteiger partial charge in [-0.1, -0.05) is 6.92 Å². The van der Waals surface area contributed by atoms with E-state index in [2.05, 4.69) is 13.8 Å². The first-order valence-corrected chi connectivity index (χ1v) is 6.48. The van der Waals surface area contributed by atoms with E-state index >= 15 is 0 Å². The van der Waals surface area contributed by atoms with Gasteiger partial charge in [-0.3, -0.25) is 0 Å². The van der Waals surface area contributed by atoms with Crippen molar-refractivity contribution >= 4 is 5.97 Å². The first-order chi connectivity index (χ1) is 9.17. The molecule has 0 amide bonds. The predicted octanol–water partition coefficient (Wildman–Crippen LogP) is 3.43. The summed E-state index contributed by atoms with van der Waals surface area (Å²) in [5.74, 6) is 0.588. The van der Waals surface area contributed by atoms with Crippen molar-refractivity contribution in [2.75, 3.05) is 7.11 Å². The standard InChI is InChI=1S/C15H19NO3/c1-4-11(2)16-12(10-13-6-5-9-19-13)7-8-14(16)15(17)18-3/h5-9,11H,4,10H2,1-3H3/t11-/m0/s1. The summed E-state index contributed by atoms with van der Waals surface area (Å²) >= 11 is 0. The molecule has 0 saturated carbocycles. The van der Waals surface area contributed by atoms with Crippen LogP contribution in [0.4, 0.5) is 0 Å². The first-order valence-electron chi connectivity index (χ1n) is 6.48. The summed E-state index contributed by atoms with van der Waals surface area (Å²) < 4.78 is 12.2. The molecule has 2 aromatic heterocycles. The summed E-state index contributed by atoms with van der Waals surface area (Å²) in [7, 11) is 1.41. The Labute approximate surface area is 113 Å². The molecule has 0 aromatic carbocycles. The number of furan rings is 1. The Hall–Kier alpha value is -1.97. The third kappa shape index (κ3) is 2.72. The lowest BCUT2D eigenvalue weighted by Crippen LogP contribution is -2.16. The normalized spacial score (nSPS) is 12.4. The minimum absolute atomic E-state index is 0.245. The van der Waals surface area contributed by atoms with Gasteiger partial charge in [0, 0.05) is 18.2 Å². The number of ether oxygens (including phenoxy) is 1. The molecule has 0 saturated heterocycles. The average Bonchev–Trinajstić information content (AvgIpc) is 3.07. The van der Waals surface area contributed by atoms with Crippen LogP contribution in [0.1, 0.15) is 48.3 Å². The summed E-state index contributed by atoms with van der Waals surface area (Å²) in [4.78, 5) is 11.8. The number of hydrogen-bond donors (Lipinski definition) is 0. The van der Waals surface area contributed by atoms with Gasteiger partial charge in [0.1, 0.15) is 11.5 Å². The number of rotatable bonds is 5. The van der Waals surface area contributed by atoms with Crippen molar-refractivity contribution in [3.63, 3.8) is 0 Å². The molecule has 0 spiro atoms. The molecule has 0 radical (unpaired) electrons. The van der Waals surface area contributed by atoms with E-state index in [1.54, 1.807) is 6.26 Å². The topological polar surface area (TPSA) is 44.4 Å². The van der Waals surface area contributed by atoms with E-state index in [1.165, 1.54) is 7.11 Å². The second-order valence-electron chi connectivity index (χ2n) is 4.58. The van der Waals surface area contributed by atoms with Crippen molar-refractivity contribution in [3.8, 4) is 0 Å². The molecule has 4 heteroatoms. The van der Waals surface area contributed by atoms with Gasteiger partial charge in [0.15, 0.2) is 0 Å². The van der Waals surface area contributed by atoms with Crippen LogP contribution < -0.4 is 0 Å². The number of esters is 1. The smallest absolute Gasteiger partial charge is 0.354 e. The van der Waals surface area contributed by atoms with E-state index in [4.69, 9.17) is 9.15 Å². The lowest BCUT2D eigenvalue weighted by Gasteiger charge is -2.18. The maximum Gasteiger partial charge on any atom is 0.354 e. The zero-order valence-corrected chi connectivity index (χ0v) is 11.6. The molecule has 2 aromatic rings. The number of nitrogens with zero attached hydrogens (tertiary/aromatic N) is 1. The Balaban J connectivity index is 2.37. The van der Waals surface area contributed by atoms with Crippen molar-refractivity contribution in [1.82, 2.24) is 4.57 Å². The Morgan fingerprint density at radius 3 is 2.79 bits per heavy atom. The number of hydrogen-bond acceptors (Lipinski definition) is 3. The van der Waals surface area contributed by atoms with Crippen LogP contribution in [0.5, 0.6) is 0 Å². The molecule has 0 aliphatic heterocycles. The Kier molecular flexibility index (Phi) is 4.10. The van der Waals surface area contributed by atoms with Crippen molar-refractivity contribution in [2.45, 2.75) is 32.7 Å². The molecule has 0 aliphatic rings. The summed E-state index contributed by atoms with van der Waals surface area (Å²) in [5.41, 5.74) is 1.66. The maximum absolute atomic E-state index is 11.8. The SMILES string of the molecule is CC[C@H](C)n1c(Cc2ccco2)ccc1C(=O)OC. The van der Waals surface area contributed by atoms with Crippen LogP contribution in [-0.2, 0) is 11.2 Å². The Morgan fingerprint density at radius 2 is 2.21 bits per heavy atom. The van der Waals surface area contributed by atoms with Gasteiger partial charge in [0.2, 0.25) is 0 Å². The van der Waals surface area contributed by atoms with E-state index in [0.717, 1.165) is 17.9 Å². The zero-order valence-electron chi connectivity index (χ0n) is 11.6. The van der Waals surface area contributed by atoms with Crippen LogP contribution in [0.15, 0.2) is 34.9 Å². The van der Waals surface area contributed by atoms with Gasteiger partial charge >= 0.3 is 5.97 Å².